The van der Waals surface area contributed by atoms with Gasteiger partial charge in [0.25, 0.3) is 5.66 Å². The highest BCUT2D eigenvalue weighted by molar-refractivity contribution is 7.96. The summed E-state index contributed by atoms with van der Waals surface area (Å²) in [5.74, 6) is 6.41. The Kier molecular flexibility index (Phi) is 10.4. The van der Waals surface area contributed by atoms with Crippen molar-refractivity contribution in [3.8, 4) is 17.6 Å². The fourth-order valence-electron chi connectivity index (χ4n) is 5.17. The maximum absolute atomic E-state index is 14.8. The summed E-state index contributed by atoms with van der Waals surface area (Å²) in [6, 6.07) is 11.4. The third-order valence-corrected chi connectivity index (χ3v) is 10.1. The van der Waals surface area contributed by atoms with Crippen molar-refractivity contribution in [2.75, 3.05) is 37.3 Å². The summed E-state index contributed by atoms with van der Waals surface area (Å²) in [6.45, 7) is 0.620. The first-order valence-electron chi connectivity index (χ1n) is 14.9. The fraction of sp³-hybridized carbons (Fsp3) is 0.407. The van der Waals surface area contributed by atoms with E-state index in [0.29, 0.717) is 46.7 Å². The van der Waals surface area contributed by atoms with Gasteiger partial charge in [0.05, 0.1) is 40.9 Å². The van der Waals surface area contributed by atoms with Crippen molar-refractivity contribution in [3.05, 3.63) is 48.2 Å². The Balaban J connectivity index is 1.64. The Hall–Kier alpha value is -2.54. The van der Waals surface area contributed by atoms with Crippen LogP contribution in [-0.4, -0.2) is 119 Å². The molecule has 45 heavy (non-hydrogen) atoms. The highest BCUT2D eigenvalue weighted by Crippen LogP contribution is 2.34. The van der Waals surface area contributed by atoms with E-state index in [9.17, 15) is 21.6 Å². The summed E-state index contributed by atoms with van der Waals surface area (Å²) in [5, 5.41) is 6.58. The zero-order valence-electron chi connectivity index (χ0n) is 27.0. The average molecular weight is 652 g/mol. The second-order valence-electron chi connectivity index (χ2n) is 13.6. The number of piperidine rings is 1. The van der Waals surface area contributed by atoms with E-state index in [-0.39, 0.29) is 17.5 Å². The minimum atomic E-state index is -3.61. The molecule has 0 radical (unpaired) electrons. The molecule has 0 amide bonds. The lowest BCUT2D eigenvalue weighted by Gasteiger charge is -2.33. The van der Waals surface area contributed by atoms with Crippen molar-refractivity contribution in [2.45, 2.75) is 45.5 Å². The molecule has 3 aromatic rings. The Morgan fingerprint density at radius 3 is 2.42 bits per heavy atom. The van der Waals surface area contributed by atoms with E-state index in [2.05, 4.69) is 22.5 Å². The summed E-state index contributed by atoms with van der Waals surface area (Å²) >= 11 is 0. The molecule has 0 spiro atoms. The van der Waals surface area contributed by atoms with E-state index in [1.54, 1.807) is 57.0 Å². The molecule has 1 fully saturated rings. The van der Waals surface area contributed by atoms with Gasteiger partial charge in [-0.25, -0.2) is 21.6 Å². The third-order valence-electron chi connectivity index (χ3n) is 7.47. The van der Waals surface area contributed by atoms with E-state index < -0.39 is 38.0 Å². The first-order valence-corrected chi connectivity index (χ1v) is 17.0. The minimum Gasteiger partial charge on any atom is -0.511 e. The quantitative estimate of drug-likeness (QED) is 0.153. The maximum Gasteiger partial charge on any atom is 0.276 e. The second kappa shape index (κ2) is 13.3. The molecule has 1 aromatic heterocycles. The normalized spacial score (nSPS) is 18.2. The number of likely N-dealkylation sites (tertiary alicyclic amines) is 1. The van der Waals surface area contributed by atoms with Crippen molar-refractivity contribution in [1.82, 2.24) is 9.47 Å². The molecule has 2 N–H and O–H groups in total. The summed E-state index contributed by atoms with van der Waals surface area (Å²) < 4.78 is 76.1. The molecular formula is C27H38B6F3N4O3PS. The number of benzene rings is 2. The summed E-state index contributed by atoms with van der Waals surface area (Å²) in [6.07, 6.45) is -0.432. The van der Waals surface area contributed by atoms with Crippen LogP contribution < -0.4 is 15.4 Å². The third kappa shape index (κ3) is 8.84. The van der Waals surface area contributed by atoms with Crippen LogP contribution in [0.15, 0.2) is 47.4 Å². The standard InChI is InChI=1S/C27H38B6F3N4O3PS/c1-39-11-9-21(19(34)14-39)38-20-5-2-6-23-18(20)12-16(40(23)15-25(35,36)44)4-3-10-37-22-8-7-17(45(41,42)27(31,32)33)13-24(22)43-26(28,29)30/h2,5-8,12-13,19,21,37-38H,9-11,14-15,28-33,44H2,1H3/t19-,21+/m0/s1. The SMILES string of the molecule is BC(B)(B)Oc1cc(S(=O)(=O)C(B)(B)B)ccc1NCC#Cc1cc2c(N[C@@H]3CCN(C)C[C@@H]3F)cccc2n1CC(F)(F)P. The number of nitrogens with zero attached hydrogens (tertiary/aromatic N) is 2. The van der Waals surface area contributed by atoms with Crippen LogP contribution in [0.1, 0.15) is 12.1 Å². The van der Waals surface area contributed by atoms with Crippen molar-refractivity contribution >= 4 is 88.4 Å². The number of alkyl halides is 3. The number of sulfone groups is 1. The van der Waals surface area contributed by atoms with Crippen molar-refractivity contribution < 1.29 is 26.3 Å². The molecule has 3 atom stereocenters. The van der Waals surface area contributed by atoms with Gasteiger partial charge >= 0.3 is 0 Å². The molecule has 1 aliphatic rings. The Morgan fingerprint density at radius 1 is 1.09 bits per heavy atom. The van der Waals surface area contributed by atoms with Crippen molar-refractivity contribution in [3.63, 3.8) is 0 Å². The van der Waals surface area contributed by atoms with E-state index >= 15 is 0 Å². The second-order valence-corrected chi connectivity index (χ2v) is 17.1. The van der Waals surface area contributed by atoms with Gasteiger partial charge in [-0.05, 0) is 54.2 Å². The number of hydrogen-bond donors (Lipinski definition) is 2. The van der Waals surface area contributed by atoms with Crippen LogP contribution in [0.4, 0.5) is 24.5 Å². The number of rotatable bonds is 10. The average Bonchev–Trinajstić information content (AvgIpc) is 3.23. The molecule has 18 heteroatoms. The van der Waals surface area contributed by atoms with Gasteiger partial charge in [0.1, 0.15) is 59.0 Å². The lowest BCUT2D eigenvalue weighted by molar-refractivity contribution is 0.0851. The molecule has 0 aliphatic carbocycles. The van der Waals surface area contributed by atoms with Crippen LogP contribution in [-0.2, 0) is 16.4 Å². The molecule has 2 heterocycles. The van der Waals surface area contributed by atoms with Crippen LogP contribution in [0, 0.1) is 11.8 Å². The first kappa shape index (κ1) is 35.3. The van der Waals surface area contributed by atoms with Gasteiger partial charge in [-0.15, -0.1) is 0 Å². The Morgan fingerprint density at radius 2 is 1.80 bits per heavy atom. The largest absolute Gasteiger partial charge is 0.511 e. The maximum atomic E-state index is 14.8. The van der Waals surface area contributed by atoms with Gasteiger partial charge in [-0.2, -0.15) is 0 Å². The molecule has 234 valence electrons. The van der Waals surface area contributed by atoms with Crippen LogP contribution in [0.5, 0.6) is 5.75 Å². The molecule has 4 rings (SSSR count). The molecular weight excluding hydrogens is 613 g/mol. The molecule has 1 unspecified atom stereocenters. The molecule has 2 aromatic carbocycles. The highest BCUT2D eigenvalue weighted by atomic mass is 32.2. The predicted octanol–water partition coefficient (Wildman–Crippen LogP) is -1.80. The molecule has 1 saturated heterocycles. The molecule has 1 aliphatic heterocycles. The number of aromatic nitrogens is 1. The molecule has 0 bridgehead atoms. The van der Waals surface area contributed by atoms with Gasteiger partial charge in [0, 0.05) is 35.5 Å². The van der Waals surface area contributed by atoms with Gasteiger partial charge < -0.3 is 24.8 Å². The summed E-state index contributed by atoms with van der Waals surface area (Å²) in [7, 11) is 10.4. The zero-order chi connectivity index (χ0) is 33.4. The van der Waals surface area contributed by atoms with Crippen LogP contribution in [0.2, 0.25) is 0 Å². The highest BCUT2D eigenvalue weighted by Gasteiger charge is 2.32. The van der Waals surface area contributed by atoms with Crippen molar-refractivity contribution in [2.24, 2.45) is 0 Å². The Labute approximate surface area is 272 Å². The molecule has 0 saturated carbocycles. The van der Waals surface area contributed by atoms with Crippen LogP contribution in [0.3, 0.4) is 0 Å². The zero-order valence-corrected chi connectivity index (χ0v) is 28.9. The van der Waals surface area contributed by atoms with Crippen LogP contribution >= 0.6 is 9.24 Å². The van der Waals surface area contributed by atoms with Crippen molar-refractivity contribution in [1.29, 1.82) is 0 Å². The molecule has 7 nitrogen and oxygen atoms in total. The lowest BCUT2D eigenvalue weighted by Crippen LogP contribution is -2.46. The van der Waals surface area contributed by atoms with Gasteiger partial charge in [0.15, 0.2) is 9.84 Å². The lowest BCUT2D eigenvalue weighted by atomic mass is 9.52. The van der Waals surface area contributed by atoms with E-state index in [0.717, 1.165) is 6.54 Å². The van der Waals surface area contributed by atoms with Crippen LogP contribution in [0.25, 0.3) is 10.9 Å². The first-order chi connectivity index (χ1) is 20.7. The summed E-state index contributed by atoms with van der Waals surface area (Å²) in [5.41, 5.74) is -0.892. The van der Waals surface area contributed by atoms with E-state index in [1.807, 2.05) is 41.6 Å². The number of anilines is 2. The smallest absolute Gasteiger partial charge is 0.276 e. The monoisotopic (exact) mass is 652 g/mol. The summed E-state index contributed by atoms with van der Waals surface area (Å²) in [4.78, 5) is 2.10. The number of hydrogen-bond acceptors (Lipinski definition) is 6. The Bertz CT molecular complexity index is 1720. The predicted molar refractivity (Wildman–Crippen MR) is 197 cm³/mol. The van der Waals surface area contributed by atoms with Gasteiger partial charge in [0.2, 0.25) is 0 Å². The number of fused-ring (bicyclic) bond motifs is 1. The number of nitrogens with one attached hydrogen (secondary N) is 2. The topological polar surface area (TPSA) is 75.6 Å². The number of ether oxygens (including phenoxy) is 1. The number of halogens is 3. The van der Waals surface area contributed by atoms with E-state index in [1.165, 1.54) is 16.7 Å². The van der Waals surface area contributed by atoms with Gasteiger partial charge in [-0.3, -0.25) is 0 Å². The van der Waals surface area contributed by atoms with Gasteiger partial charge in [-0.1, -0.05) is 21.2 Å². The van der Waals surface area contributed by atoms with E-state index in [4.69, 9.17) is 4.74 Å². The fourth-order valence-corrected chi connectivity index (χ4v) is 6.57. The minimum absolute atomic E-state index is 0.134.